The predicted octanol–water partition coefficient (Wildman–Crippen LogP) is 13.2. The second kappa shape index (κ2) is 11.4. The molecule has 2 aliphatic rings. The smallest absolute Gasteiger partial charge is 0.164 e. The van der Waals surface area contributed by atoms with Crippen LogP contribution in [0.4, 0.5) is 0 Å². The predicted molar refractivity (Wildman–Crippen MR) is 222 cm³/mol. The summed E-state index contributed by atoms with van der Waals surface area (Å²) in [5.41, 5.74) is 13.7. The van der Waals surface area contributed by atoms with E-state index in [1.165, 1.54) is 38.6 Å². The van der Waals surface area contributed by atoms with E-state index >= 15 is 0 Å². The molecule has 55 heavy (non-hydrogen) atoms. The van der Waals surface area contributed by atoms with E-state index in [1.54, 1.807) is 0 Å². The van der Waals surface area contributed by atoms with Crippen LogP contribution in [0.5, 0.6) is 0 Å². The molecule has 5 nitrogen and oxygen atoms in total. The van der Waals surface area contributed by atoms with Crippen molar-refractivity contribution < 1.29 is 8.83 Å². The van der Waals surface area contributed by atoms with E-state index in [-0.39, 0.29) is 0 Å². The zero-order valence-electron chi connectivity index (χ0n) is 29.9. The third-order valence-corrected chi connectivity index (χ3v) is 11.4. The van der Waals surface area contributed by atoms with Crippen LogP contribution in [0.2, 0.25) is 0 Å². The van der Waals surface area contributed by atoms with Gasteiger partial charge in [0.05, 0.1) is 0 Å². The first-order valence-electron chi connectivity index (χ1n) is 18.8. The number of benzene rings is 7. The zero-order valence-corrected chi connectivity index (χ0v) is 29.9. The van der Waals surface area contributed by atoms with Gasteiger partial charge in [0.2, 0.25) is 0 Å². The van der Waals surface area contributed by atoms with Crippen LogP contribution in [0.15, 0.2) is 154 Å². The fraction of sp³-hybridized carbons (Fsp3) is 0.0600. The molecule has 0 aliphatic heterocycles. The van der Waals surface area contributed by atoms with Crippen molar-refractivity contribution in [1.29, 1.82) is 0 Å². The van der Waals surface area contributed by atoms with E-state index in [2.05, 4.69) is 104 Å². The lowest BCUT2D eigenvalue weighted by atomic mass is 9.92. The molecular formula is C50H31N3O2. The van der Waals surface area contributed by atoms with E-state index in [1.807, 2.05) is 54.6 Å². The Bertz CT molecular complexity index is 3260. The number of fused-ring (bicyclic) bond motifs is 9. The average molecular weight is 706 g/mol. The third-order valence-electron chi connectivity index (χ3n) is 11.4. The van der Waals surface area contributed by atoms with Gasteiger partial charge in [0.15, 0.2) is 17.5 Å². The molecule has 0 N–H and O–H groups in total. The van der Waals surface area contributed by atoms with E-state index < -0.39 is 0 Å². The molecule has 0 radical (unpaired) electrons. The van der Waals surface area contributed by atoms with E-state index in [0.717, 1.165) is 72.9 Å². The Balaban J connectivity index is 1.08. The molecule has 0 amide bonds. The van der Waals surface area contributed by atoms with Gasteiger partial charge >= 0.3 is 0 Å². The monoisotopic (exact) mass is 705 g/mol. The van der Waals surface area contributed by atoms with Gasteiger partial charge in [-0.1, -0.05) is 134 Å². The van der Waals surface area contributed by atoms with Crippen LogP contribution in [0.25, 0.3) is 117 Å². The maximum atomic E-state index is 6.55. The van der Waals surface area contributed by atoms with Crippen molar-refractivity contribution in [1.82, 2.24) is 15.0 Å². The van der Waals surface area contributed by atoms with E-state index in [0.29, 0.717) is 23.4 Å². The van der Waals surface area contributed by atoms with Gasteiger partial charge in [0.25, 0.3) is 0 Å². The minimum Gasteiger partial charge on any atom is -0.460 e. The fourth-order valence-corrected chi connectivity index (χ4v) is 8.95. The summed E-state index contributed by atoms with van der Waals surface area (Å²) >= 11 is 0. The first kappa shape index (κ1) is 30.4. The fourth-order valence-electron chi connectivity index (χ4n) is 8.95. The standard InChI is InChI=1S/C50H31N3O2/c1-28-22-24-35-43(26-28)55-41-20-8-18-37(46(35)41)49-51-48(30-10-3-2-4-11-30)52-50(53-49)38-19-9-21-42-47(38)39-27-31(23-25-40(39)54-42)32-14-7-16-34-33-15-5-12-29-13-6-17-36(44(29)33)45(32)34/h2-25,27-28H,26H2,1H3. The molecule has 0 saturated heterocycles. The Labute approximate surface area is 316 Å². The van der Waals surface area contributed by atoms with Gasteiger partial charge in [0.1, 0.15) is 22.5 Å². The van der Waals surface area contributed by atoms with Gasteiger partial charge in [-0.3, -0.25) is 0 Å². The molecule has 258 valence electrons. The topological polar surface area (TPSA) is 65.0 Å². The minimum absolute atomic E-state index is 0.421. The van der Waals surface area contributed by atoms with Crippen molar-refractivity contribution >= 4 is 49.8 Å². The van der Waals surface area contributed by atoms with Gasteiger partial charge in [-0.2, -0.15) is 0 Å². The quantitative estimate of drug-likeness (QED) is 0.182. The molecule has 10 aromatic rings. The molecule has 0 spiro atoms. The number of rotatable bonds is 4. The lowest BCUT2D eigenvalue weighted by molar-refractivity contribution is 0.513. The van der Waals surface area contributed by atoms with Crippen molar-refractivity contribution in [2.24, 2.45) is 5.92 Å². The third kappa shape index (κ3) is 4.50. The summed E-state index contributed by atoms with van der Waals surface area (Å²) in [4.78, 5) is 15.6. The Morgan fingerprint density at radius 3 is 1.96 bits per heavy atom. The van der Waals surface area contributed by atoms with Gasteiger partial charge in [-0.05, 0) is 74.3 Å². The van der Waals surface area contributed by atoms with Crippen LogP contribution in [0.1, 0.15) is 18.2 Å². The molecule has 3 heterocycles. The van der Waals surface area contributed by atoms with Gasteiger partial charge in [0, 0.05) is 44.8 Å². The van der Waals surface area contributed by atoms with Crippen LogP contribution in [0.3, 0.4) is 0 Å². The normalized spacial score (nSPS) is 14.3. The highest BCUT2D eigenvalue weighted by molar-refractivity contribution is 6.19. The van der Waals surface area contributed by atoms with Crippen LogP contribution < -0.4 is 0 Å². The van der Waals surface area contributed by atoms with Crippen molar-refractivity contribution in [3.63, 3.8) is 0 Å². The van der Waals surface area contributed by atoms with Crippen LogP contribution in [0, 0.1) is 5.92 Å². The number of hydrogen-bond donors (Lipinski definition) is 0. The summed E-state index contributed by atoms with van der Waals surface area (Å²) < 4.78 is 13.0. The van der Waals surface area contributed by atoms with E-state index in [9.17, 15) is 0 Å². The number of allylic oxidation sites excluding steroid dienone is 1. The summed E-state index contributed by atoms with van der Waals surface area (Å²) in [5, 5.41) is 5.61. The summed E-state index contributed by atoms with van der Waals surface area (Å²) in [6.45, 7) is 2.22. The maximum absolute atomic E-state index is 6.55. The molecule has 7 aromatic carbocycles. The lowest BCUT2D eigenvalue weighted by Gasteiger charge is -2.12. The second-order valence-electron chi connectivity index (χ2n) is 14.8. The lowest BCUT2D eigenvalue weighted by Crippen LogP contribution is -2.02. The van der Waals surface area contributed by atoms with Crippen LogP contribution in [-0.4, -0.2) is 15.0 Å². The largest absolute Gasteiger partial charge is 0.460 e. The Morgan fingerprint density at radius 2 is 1.15 bits per heavy atom. The molecule has 12 rings (SSSR count). The maximum Gasteiger partial charge on any atom is 0.164 e. The minimum atomic E-state index is 0.421. The highest BCUT2D eigenvalue weighted by atomic mass is 16.3. The molecule has 0 bridgehead atoms. The zero-order chi connectivity index (χ0) is 36.2. The summed E-state index contributed by atoms with van der Waals surface area (Å²) in [5.74, 6) is 3.22. The van der Waals surface area contributed by atoms with Crippen molar-refractivity contribution in [3.8, 4) is 67.5 Å². The van der Waals surface area contributed by atoms with Crippen LogP contribution >= 0.6 is 0 Å². The molecule has 3 aromatic heterocycles. The highest BCUT2D eigenvalue weighted by Crippen LogP contribution is 2.51. The van der Waals surface area contributed by atoms with Crippen molar-refractivity contribution in [2.45, 2.75) is 13.3 Å². The number of furan rings is 2. The summed E-state index contributed by atoms with van der Waals surface area (Å²) in [7, 11) is 0. The first-order valence-corrected chi connectivity index (χ1v) is 18.8. The average Bonchev–Trinajstić information content (AvgIpc) is 3.91. The van der Waals surface area contributed by atoms with Crippen molar-refractivity contribution in [2.75, 3.05) is 0 Å². The summed E-state index contributed by atoms with van der Waals surface area (Å²) in [6, 6.07) is 48.9. The second-order valence-corrected chi connectivity index (χ2v) is 14.8. The Morgan fingerprint density at radius 1 is 0.491 bits per heavy atom. The van der Waals surface area contributed by atoms with Crippen LogP contribution in [-0.2, 0) is 6.42 Å². The van der Waals surface area contributed by atoms with E-state index in [4.69, 9.17) is 23.8 Å². The molecular weight excluding hydrogens is 675 g/mol. The molecule has 2 aliphatic carbocycles. The SMILES string of the molecule is CC1C=Cc2c(oc3cccc(-c4nc(-c5ccccc5)nc(-c5cccc6oc7ccc(-c8cccc9c8-c8cccc%10cccc-9c8%10)cc7c56)n4)c23)C1. The molecule has 1 atom stereocenters. The van der Waals surface area contributed by atoms with Gasteiger partial charge in [-0.15, -0.1) is 0 Å². The summed E-state index contributed by atoms with van der Waals surface area (Å²) in [6.07, 6.45) is 5.31. The first-order chi connectivity index (χ1) is 27.2. The molecule has 0 fully saturated rings. The molecule has 0 saturated carbocycles. The highest BCUT2D eigenvalue weighted by Gasteiger charge is 2.26. The van der Waals surface area contributed by atoms with Gasteiger partial charge in [-0.25, -0.2) is 15.0 Å². The number of hydrogen-bond acceptors (Lipinski definition) is 5. The molecule has 5 heteroatoms. The number of nitrogens with zero attached hydrogens (tertiary/aromatic N) is 3. The van der Waals surface area contributed by atoms with Crippen molar-refractivity contribution in [3.05, 3.63) is 157 Å². The number of aromatic nitrogens is 3. The van der Waals surface area contributed by atoms with Gasteiger partial charge < -0.3 is 8.83 Å². The Hall–Kier alpha value is -7.11. The Kier molecular flexibility index (Phi) is 6.32. The molecule has 1 unspecified atom stereocenters.